The van der Waals surface area contributed by atoms with Gasteiger partial charge in [0.25, 0.3) is 0 Å². The molecule has 1 saturated heterocycles. The van der Waals surface area contributed by atoms with Crippen LogP contribution in [-0.2, 0) is 0 Å². The molecule has 1 aliphatic heterocycles. The molecule has 88 valence electrons. The largest absolute Gasteiger partial charge is 0.366 e. The van der Waals surface area contributed by atoms with Gasteiger partial charge in [-0.2, -0.15) is 0 Å². The predicted molar refractivity (Wildman–Crippen MR) is 70.2 cm³/mol. The van der Waals surface area contributed by atoms with E-state index < -0.39 is 0 Å². The Labute approximate surface area is 98.7 Å². The zero-order valence-corrected chi connectivity index (χ0v) is 10.6. The van der Waals surface area contributed by atoms with Crippen molar-refractivity contribution < 1.29 is 0 Å². The second-order valence-corrected chi connectivity index (χ2v) is 4.68. The summed E-state index contributed by atoms with van der Waals surface area (Å²) < 4.78 is 0. The smallest absolute Gasteiger partial charge is 0.0412 e. The van der Waals surface area contributed by atoms with Crippen LogP contribution in [0.2, 0.25) is 0 Å². The van der Waals surface area contributed by atoms with Gasteiger partial charge in [0.05, 0.1) is 0 Å². The lowest BCUT2D eigenvalue weighted by Crippen LogP contribution is -2.51. The second-order valence-electron chi connectivity index (χ2n) is 4.68. The zero-order chi connectivity index (χ0) is 11.5. The maximum absolute atomic E-state index is 3.48. The number of rotatable bonds is 2. The minimum absolute atomic E-state index is 0.647. The Balaban J connectivity index is 2.30. The highest BCUT2D eigenvalue weighted by molar-refractivity contribution is 5.57. The fourth-order valence-electron chi connectivity index (χ4n) is 2.49. The van der Waals surface area contributed by atoms with Crippen LogP contribution in [0, 0.1) is 13.8 Å². The van der Waals surface area contributed by atoms with Gasteiger partial charge in [0.2, 0.25) is 0 Å². The lowest BCUT2D eigenvalue weighted by Gasteiger charge is -2.38. The van der Waals surface area contributed by atoms with Crippen molar-refractivity contribution in [3.8, 4) is 0 Å². The number of hydrogen-bond donors (Lipinski definition) is 1. The number of anilines is 1. The molecule has 0 spiro atoms. The van der Waals surface area contributed by atoms with Crippen LogP contribution in [0.4, 0.5) is 5.69 Å². The number of hydrogen-bond acceptors (Lipinski definition) is 2. The van der Waals surface area contributed by atoms with E-state index in [2.05, 4.69) is 49.2 Å². The molecule has 1 unspecified atom stereocenters. The van der Waals surface area contributed by atoms with Crippen molar-refractivity contribution in [3.63, 3.8) is 0 Å². The van der Waals surface area contributed by atoms with Crippen LogP contribution in [0.3, 0.4) is 0 Å². The van der Waals surface area contributed by atoms with Crippen molar-refractivity contribution in [1.29, 1.82) is 0 Å². The minimum Gasteiger partial charge on any atom is -0.366 e. The van der Waals surface area contributed by atoms with Gasteiger partial charge in [-0.15, -0.1) is 0 Å². The Morgan fingerprint density at radius 2 is 2.19 bits per heavy atom. The quantitative estimate of drug-likeness (QED) is 0.820. The maximum Gasteiger partial charge on any atom is 0.0412 e. The molecule has 0 saturated carbocycles. The average molecular weight is 218 g/mol. The molecular formula is C14H22N2. The monoisotopic (exact) mass is 218 g/mol. The van der Waals surface area contributed by atoms with E-state index in [0.29, 0.717) is 6.04 Å². The van der Waals surface area contributed by atoms with Crippen LogP contribution in [-0.4, -0.2) is 25.7 Å². The number of benzene rings is 1. The molecule has 1 aliphatic rings. The fraction of sp³-hybridized carbons (Fsp3) is 0.571. The van der Waals surface area contributed by atoms with Gasteiger partial charge in [-0.25, -0.2) is 0 Å². The van der Waals surface area contributed by atoms with Crippen molar-refractivity contribution >= 4 is 5.69 Å². The molecular weight excluding hydrogens is 196 g/mol. The first-order valence-electron chi connectivity index (χ1n) is 6.27. The summed E-state index contributed by atoms with van der Waals surface area (Å²) in [7, 11) is 0. The average Bonchev–Trinajstić information content (AvgIpc) is 2.33. The van der Waals surface area contributed by atoms with E-state index in [0.717, 1.165) is 19.6 Å². The number of nitrogens with one attached hydrogen (secondary N) is 1. The minimum atomic E-state index is 0.647. The van der Waals surface area contributed by atoms with Crippen molar-refractivity contribution in [2.24, 2.45) is 0 Å². The third kappa shape index (κ3) is 2.07. The maximum atomic E-state index is 3.48. The van der Waals surface area contributed by atoms with Gasteiger partial charge in [-0.3, -0.25) is 0 Å². The molecule has 1 N–H and O–H groups in total. The molecule has 0 radical (unpaired) electrons. The number of aryl methyl sites for hydroxylation is 1. The lowest BCUT2D eigenvalue weighted by atomic mass is 10.0. The molecule has 1 aromatic carbocycles. The summed E-state index contributed by atoms with van der Waals surface area (Å²) in [5.74, 6) is 0. The highest BCUT2D eigenvalue weighted by Gasteiger charge is 2.21. The molecule has 0 amide bonds. The van der Waals surface area contributed by atoms with Crippen molar-refractivity contribution in [2.75, 3.05) is 24.5 Å². The van der Waals surface area contributed by atoms with Crippen LogP contribution in [0.25, 0.3) is 0 Å². The summed E-state index contributed by atoms with van der Waals surface area (Å²) in [6.45, 7) is 10.0. The van der Waals surface area contributed by atoms with Crippen LogP contribution in [0.15, 0.2) is 18.2 Å². The Kier molecular flexibility index (Phi) is 3.49. The number of nitrogens with zero attached hydrogens (tertiary/aromatic N) is 1. The van der Waals surface area contributed by atoms with Crippen LogP contribution < -0.4 is 10.2 Å². The van der Waals surface area contributed by atoms with Gasteiger partial charge in [0.1, 0.15) is 0 Å². The summed E-state index contributed by atoms with van der Waals surface area (Å²) in [4.78, 5) is 2.57. The van der Waals surface area contributed by atoms with E-state index in [1.54, 1.807) is 0 Å². The third-order valence-corrected chi connectivity index (χ3v) is 3.71. The first kappa shape index (κ1) is 11.5. The first-order chi connectivity index (χ1) is 7.74. The van der Waals surface area contributed by atoms with E-state index in [1.807, 2.05) is 0 Å². The van der Waals surface area contributed by atoms with E-state index in [-0.39, 0.29) is 0 Å². The van der Waals surface area contributed by atoms with Gasteiger partial charge < -0.3 is 10.2 Å². The molecule has 1 fully saturated rings. The molecule has 2 rings (SSSR count). The standard InChI is InChI=1S/C14H22N2/c1-4-13-10-15-8-9-16(13)14-7-5-6-11(2)12(14)3/h5-7,13,15H,4,8-10H2,1-3H3. The van der Waals surface area contributed by atoms with E-state index >= 15 is 0 Å². The van der Waals surface area contributed by atoms with Gasteiger partial charge in [-0.05, 0) is 37.5 Å². The molecule has 0 aromatic heterocycles. The third-order valence-electron chi connectivity index (χ3n) is 3.71. The fourth-order valence-corrected chi connectivity index (χ4v) is 2.49. The second kappa shape index (κ2) is 4.88. The molecule has 0 bridgehead atoms. The van der Waals surface area contributed by atoms with Gasteiger partial charge >= 0.3 is 0 Å². The lowest BCUT2D eigenvalue weighted by molar-refractivity contribution is 0.466. The van der Waals surface area contributed by atoms with E-state index in [9.17, 15) is 0 Å². The van der Waals surface area contributed by atoms with Gasteiger partial charge in [0, 0.05) is 31.4 Å². The Hall–Kier alpha value is -1.02. The number of piperazine rings is 1. The normalized spacial score (nSPS) is 21.2. The van der Waals surface area contributed by atoms with E-state index in [1.165, 1.54) is 23.2 Å². The van der Waals surface area contributed by atoms with Crippen molar-refractivity contribution in [1.82, 2.24) is 5.32 Å². The summed E-state index contributed by atoms with van der Waals surface area (Å²) in [6.07, 6.45) is 1.21. The molecule has 2 nitrogen and oxygen atoms in total. The van der Waals surface area contributed by atoms with Crippen LogP contribution >= 0.6 is 0 Å². The van der Waals surface area contributed by atoms with Crippen LogP contribution in [0.1, 0.15) is 24.5 Å². The summed E-state index contributed by atoms with van der Waals surface area (Å²) >= 11 is 0. The Bertz CT molecular complexity index is 360. The molecule has 2 heteroatoms. The van der Waals surface area contributed by atoms with Gasteiger partial charge in [0.15, 0.2) is 0 Å². The highest BCUT2D eigenvalue weighted by atomic mass is 15.2. The van der Waals surface area contributed by atoms with E-state index in [4.69, 9.17) is 0 Å². The molecule has 16 heavy (non-hydrogen) atoms. The van der Waals surface area contributed by atoms with Crippen molar-refractivity contribution in [3.05, 3.63) is 29.3 Å². The Morgan fingerprint density at radius 1 is 1.38 bits per heavy atom. The Morgan fingerprint density at radius 3 is 2.94 bits per heavy atom. The topological polar surface area (TPSA) is 15.3 Å². The summed E-state index contributed by atoms with van der Waals surface area (Å²) in [6, 6.07) is 7.28. The highest BCUT2D eigenvalue weighted by Crippen LogP contribution is 2.26. The SMILES string of the molecule is CCC1CNCCN1c1cccc(C)c1C. The first-order valence-corrected chi connectivity index (χ1v) is 6.27. The molecule has 1 aromatic rings. The van der Waals surface area contributed by atoms with Gasteiger partial charge in [-0.1, -0.05) is 19.1 Å². The summed E-state index contributed by atoms with van der Waals surface area (Å²) in [5, 5.41) is 3.48. The summed E-state index contributed by atoms with van der Waals surface area (Å²) in [5.41, 5.74) is 4.25. The van der Waals surface area contributed by atoms with Crippen LogP contribution in [0.5, 0.6) is 0 Å². The molecule has 1 atom stereocenters. The predicted octanol–water partition coefficient (Wildman–Crippen LogP) is 2.49. The molecule has 0 aliphatic carbocycles. The van der Waals surface area contributed by atoms with Crippen molar-refractivity contribution in [2.45, 2.75) is 33.2 Å². The zero-order valence-electron chi connectivity index (χ0n) is 10.6. The molecule has 1 heterocycles.